The molecule has 2 amide bonds. The first kappa shape index (κ1) is 22.8. The zero-order valence-corrected chi connectivity index (χ0v) is 18.7. The van der Waals surface area contributed by atoms with Gasteiger partial charge in [-0.25, -0.2) is 9.59 Å². The summed E-state index contributed by atoms with van der Waals surface area (Å²) < 4.78 is 5.49. The number of ether oxygens (including phenoxy) is 1. The lowest BCUT2D eigenvalue weighted by atomic mass is 9.98. The second-order valence-electron chi connectivity index (χ2n) is 8.65. The number of likely N-dealkylation sites (tertiary alicyclic amines) is 1. The maximum atomic E-state index is 12.7. The fraction of sp³-hybridized carbons (Fsp3) is 0.423. The molecule has 1 aliphatic heterocycles. The molecule has 1 fully saturated rings. The van der Waals surface area contributed by atoms with Gasteiger partial charge in [0.1, 0.15) is 12.6 Å². The number of alkyl carbamates (subject to hydrolysis) is 1. The summed E-state index contributed by atoms with van der Waals surface area (Å²) in [4.78, 5) is 38.1. The van der Waals surface area contributed by atoms with E-state index in [0.29, 0.717) is 13.0 Å². The van der Waals surface area contributed by atoms with Crippen molar-refractivity contribution in [2.75, 3.05) is 19.7 Å². The largest absolute Gasteiger partial charge is 0.480 e. The van der Waals surface area contributed by atoms with E-state index in [1.54, 1.807) is 0 Å². The molecule has 33 heavy (non-hydrogen) atoms. The van der Waals surface area contributed by atoms with Crippen molar-refractivity contribution in [2.24, 2.45) is 0 Å². The molecule has 1 aliphatic carbocycles. The van der Waals surface area contributed by atoms with Crippen LogP contribution in [-0.4, -0.2) is 53.7 Å². The van der Waals surface area contributed by atoms with Crippen molar-refractivity contribution in [3.8, 4) is 11.1 Å². The monoisotopic (exact) mass is 450 g/mol. The summed E-state index contributed by atoms with van der Waals surface area (Å²) in [5.74, 6) is -1.24. The lowest BCUT2D eigenvalue weighted by Crippen LogP contribution is -2.47. The Morgan fingerprint density at radius 1 is 0.939 bits per heavy atom. The van der Waals surface area contributed by atoms with Gasteiger partial charge in [0.15, 0.2) is 0 Å². The minimum Gasteiger partial charge on any atom is -0.480 e. The van der Waals surface area contributed by atoms with E-state index in [9.17, 15) is 19.5 Å². The van der Waals surface area contributed by atoms with Crippen molar-refractivity contribution in [3.63, 3.8) is 0 Å². The van der Waals surface area contributed by atoms with Gasteiger partial charge in [-0.15, -0.1) is 0 Å². The van der Waals surface area contributed by atoms with Crippen LogP contribution in [0.1, 0.15) is 55.6 Å². The number of carboxylic acids is 1. The van der Waals surface area contributed by atoms with Gasteiger partial charge >= 0.3 is 12.1 Å². The number of hydrogen-bond acceptors (Lipinski definition) is 4. The third-order valence-corrected chi connectivity index (χ3v) is 6.56. The number of carboxylic acid groups (broad SMARTS) is 1. The quantitative estimate of drug-likeness (QED) is 0.689. The van der Waals surface area contributed by atoms with Crippen LogP contribution < -0.4 is 5.32 Å². The molecule has 2 aromatic carbocycles. The molecule has 1 atom stereocenters. The number of benzene rings is 2. The van der Waals surface area contributed by atoms with Crippen molar-refractivity contribution in [3.05, 3.63) is 59.7 Å². The van der Waals surface area contributed by atoms with Crippen LogP contribution in [0.2, 0.25) is 0 Å². The Kier molecular flexibility index (Phi) is 7.27. The molecule has 0 spiro atoms. The van der Waals surface area contributed by atoms with Crippen molar-refractivity contribution in [1.29, 1.82) is 0 Å². The Labute approximate surface area is 193 Å². The molecule has 1 unspecified atom stereocenters. The van der Waals surface area contributed by atoms with E-state index in [1.807, 2.05) is 24.3 Å². The number of aliphatic carboxylic acids is 1. The number of hydrogen-bond donors (Lipinski definition) is 2. The summed E-state index contributed by atoms with van der Waals surface area (Å²) in [6, 6.07) is 15.5. The molecule has 0 saturated carbocycles. The number of nitrogens with zero attached hydrogens (tertiary/aromatic N) is 1. The maximum Gasteiger partial charge on any atom is 0.407 e. The van der Waals surface area contributed by atoms with E-state index in [4.69, 9.17) is 4.74 Å². The second-order valence-corrected chi connectivity index (χ2v) is 8.65. The van der Waals surface area contributed by atoms with Gasteiger partial charge in [-0.1, -0.05) is 67.8 Å². The van der Waals surface area contributed by atoms with Gasteiger partial charge in [-0.05, 0) is 35.1 Å². The van der Waals surface area contributed by atoms with Gasteiger partial charge in [0, 0.05) is 25.4 Å². The minimum absolute atomic E-state index is 0.0258. The Balaban J connectivity index is 1.29. The predicted molar refractivity (Wildman–Crippen MR) is 124 cm³/mol. The van der Waals surface area contributed by atoms with Crippen molar-refractivity contribution in [1.82, 2.24) is 10.2 Å². The normalized spacial score (nSPS) is 17.9. The number of carbonyl (C=O) groups is 3. The van der Waals surface area contributed by atoms with E-state index >= 15 is 0 Å². The molecule has 7 heteroatoms. The highest BCUT2D eigenvalue weighted by molar-refractivity contribution is 5.84. The minimum atomic E-state index is -0.963. The van der Waals surface area contributed by atoms with E-state index in [1.165, 1.54) is 4.90 Å². The Bertz CT molecular complexity index is 976. The molecule has 2 aliphatic rings. The molecule has 7 nitrogen and oxygen atoms in total. The molecular formula is C26H30N2O5. The average molecular weight is 451 g/mol. The topological polar surface area (TPSA) is 95.9 Å². The summed E-state index contributed by atoms with van der Waals surface area (Å²) in [5.41, 5.74) is 4.60. The SMILES string of the molecule is O=C(NCCC(=O)N1CCCCCCC1C(=O)O)OCC1c2ccccc2-c2ccccc21. The van der Waals surface area contributed by atoms with Gasteiger partial charge in [-0.2, -0.15) is 0 Å². The van der Waals surface area contributed by atoms with Crippen LogP contribution in [0.4, 0.5) is 4.79 Å². The smallest absolute Gasteiger partial charge is 0.407 e. The first-order valence-electron chi connectivity index (χ1n) is 11.7. The summed E-state index contributed by atoms with van der Waals surface area (Å²) in [7, 11) is 0. The Hall–Kier alpha value is -3.35. The number of fused-ring (bicyclic) bond motifs is 3. The predicted octanol–water partition coefficient (Wildman–Crippen LogP) is 4.16. The van der Waals surface area contributed by atoms with Crippen LogP contribution in [0.25, 0.3) is 11.1 Å². The lowest BCUT2D eigenvalue weighted by molar-refractivity contribution is -0.151. The van der Waals surface area contributed by atoms with Gasteiger partial charge in [-0.3, -0.25) is 4.79 Å². The van der Waals surface area contributed by atoms with Gasteiger partial charge in [0.25, 0.3) is 0 Å². The van der Waals surface area contributed by atoms with Crippen LogP contribution in [-0.2, 0) is 14.3 Å². The molecule has 1 saturated heterocycles. The van der Waals surface area contributed by atoms with E-state index in [0.717, 1.165) is 47.9 Å². The maximum absolute atomic E-state index is 12.7. The molecular weight excluding hydrogens is 420 g/mol. The summed E-state index contributed by atoms with van der Waals surface area (Å²) in [5, 5.41) is 12.2. The van der Waals surface area contributed by atoms with Gasteiger partial charge in [0.2, 0.25) is 5.91 Å². The van der Waals surface area contributed by atoms with Gasteiger partial charge < -0.3 is 20.1 Å². The fourth-order valence-corrected chi connectivity index (χ4v) is 4.90. The highest BCUT2D eigenvalue weighted by Gasteiger charge is 2.30. The molecule has 4 rings (SSSR count). The summed E-state index contributed by atoms with van der Waals surface area (Å²) in [6.45, 7) is 0.764. The van der Waals surface area contributed by atoms with E-state index in [-0.39, 0.29) is 31.4 Å². The first-order chi connectivity index (χ1) is 16.1. The molecule has 0 bridgehead atoms. The average Bonchev–Trinajstić information content (AvgIpc) is 3.11. The van der Waals surface area contributed by atoms with Crippen molar-refractivity contribution >= 4 is 18.0 Å². The third-order valence-electron chi connectivity index (χ3n) is 6.56. The highest BCUT2D eigenvalue weighted by Crippen LogP contribution is 2.44. The van der Waals surface area contributed by atoms with Crippen LogP contribution >= 0.6 is 0 Å². The molecule has 0 aromatic heterocycles. The van der Waals surface area contributed by atoms with Crippen molar-refractivity contribution in [2.45, 2.75) is 50.5 Å². The number of nitrogens with one attached hydrogen (secondary N) is 1. The van der Waals surface area contributed by atoms with Crippen LogP contribution in [0.5, 0.6) is 0 Å². The molecule has 174 valence electrons. The first-order valence-corrected chi connectivity index (χ1v) is 11.7. The number of amides is 2. The summed E-state index contributed by atoms with van der Waals surface area (Å²) in [6.07, 6.45) is 3.54. The van der Waals surface area contributed by atoms with Crippen LogP contribution in [0.3, 0.4) is 0 Å². The molecule has 2 N–H and O–H groups in total. The molecule has 2 aromatic rings. The zero-order chi connectivity index (χ0) is 23.2. The summed E-state index contributed by atoms with van der Waals surface area (Å²) >= 11 is 0. The van der Waals surface area contributed by atoms with Gasteiger partial charge in [0.05, 0.1) is 0 Å². The van der Waals surface area contributed by atoms with Crippen LogP contribution in [0.15, 0.2) is 48.5 Å². The fourth-order valence-electron chi connectivity index (χ4n) is 4.90. The third kappa shape index (κ3) is 5.18. The van der Waals surface area contributed by atoms with E-state index in [2.05, 4.69) is 29.6 Å². The molecule has 0 radical (unpaired) electrons. The Morgan fingerprint density at radius 3 is 2.24 bits per heavy atom. The van der Waals surface area contributed by atoms with Crippen LogP contribution in [0, 0.1) is 0 Å². The number of carbonyl (C=O) groups excluding carboxylic acids is 2. The van der Waals surface area contributed by atoms with Crippen molar-refractivity contribution < 1.29 is 24.2 Å². The Morgan fingerprint density at radius 2 is 1.58 bits per heavy atom. The highest BCUT2D eigenvalue weighted by atomic mass is 16.5. The zero-order valence-electron chi connectivity index (χ0n) is 18.7. The lowest BCUT2D eigenvalue weighted by Gasteiger charge is -2.31. The number of rotatable bonds is 6. The van der Waals surface area contributed by atoms with E-state index < -0.39 is 18.1 Å². The molecule has 1 heterocycles. The standard InChI is InChI=1S/C26H30N2O5/c29-24(28-16-8-2-1-3-13-23(28)25(30)31)14-15-27-26(32)33-17-22-20-11-6-4-9-18(20)19-10-5-7-12-21(19)22/h4-7,9-12,22-23H,1-3,8,13-17H2,(H,27,32)(H,30,31). The second kappa shape index (κ2) is 10.5.